The molecule has 1 aromatic carbocycles. The van der Waals surface area contributed by atoms with Crippen molar-refractivity contribution < 1.29 is 28.3 Å². The van der Waals surface area contributed by atoms with Gasteiger partial charge in [-0.3, -0.25) is 14.4 Å². The van der Waals surface area contributed by atoms with Crippen LogP contribution in [-0.2, 0) is 9.59 Å². The van der Waals surface area contributed by atoms with Gasteiger partial charge in [-0.25, -0.2) is 4.39 Å². The summed E-state index contributed by atoms with van der Waals surface area (Å²) in [5.74, 6) is -1.62. The first-order chi connectivity index (χ1) is 16.9. The number of hydrogen-bond donors (Lipinski definition) is 3. The molecule has 4 atom stereocenters. The summed E-state index contributed by atoms with van der Waals surface area (Å²) in [6.45, 7) is 8.26. The van der Waals surface area contributed by atoms with Gasteiger partial charge in [-0.1, -0.05) is 0 Å². The Hall–Kier alpha value is -3.20. The number of nitrogens with zero attached hydrogens (tertiary/aromatic N) is 1. The molecule has 2 heterocycles. The van der Waals surface area contributed by atoms with E-state index < -0.39 is 29.4 Å². The van der Waals surface area contributed by atoms with Gasteiger partial charge in [-0.2, -0.15) is 0 Å². The molecule has 2 aliphatic rings. The number of carbonyl (C=O) groups excluding carboxylic acids is 2. The summed E-state index contributed by atoms with van der Waals surface area (Å²) in [5, 5.41) is 16.4. The van der Waals surface area contributed by atoms with Gasteiger partial charge in [0.25, 0.3) is 5.91 Å². The van der Waals surface area contributed by atoms with Crippen LogP contribution < -0.4 is 10.6 Å². The molecule has 194 valence electrons. The van der Waals surface area contributed by atoms with E-state index in [1.54, 1.807) is 30.0 Å². The first-order valence-electron chi connectivity index (χ1n) is 12.4. The van der Waals surface area contributed by atoms with Gasteiger partial charge < -0.3 is 25.1 Å². The number of carboxylic acid groups (broad SMARTS) is 1. The number of amides is 2. The van der Waals surface area contributed by atoms with E-state index >= 15 is 0 Å². The topological polar surface area (TPSA) is 112 Å². The van der Waals surface area contributed by atoms with E-state index in [1.807, 2.05) is 0 Å². The van der Waals surface area contributed by atoms with Crippen molar-refractivity contribution in [3.8, 4) is 11.3 Å². The quantitative estimate of drug-likeness (QED) is 0.557. The average Bonchev–Trinajstić information content (AvgIpc) is 3.41. The lowest BCUT2D eigenvalue weighted by molar-refractivity contribution is -0.158. The Bertz CT molecular complexity index is 1140. The van der Waals surface area contributed by atoms with E-state index in [1.165, 1.54) is 18.2 Å². The van der Waals surface area contributed by atoms with Crippen LogP contribution in [0.5, 0.6) is 0 Å². The van der Waals surface area contributed by atoms with Crippen molar-refractivity contribution in [2.24, 2.45) is 5.41 Å². The van der Waals surface area contributed by atoms with E-state index in [-0.39, 0.29) is 29.1 Å². The fraction of sp³-hybridized carbons (Fsp3) is 0.519. The molecule has 2 fully saturated rings. The fourth-order valence-corrected chi connectivity index (χ4v) is 5.50. The summed E-state index contributed by atoms with van der Waals surface area (Å²) in [6, 6.07) is 7.70. The van der Waals surface area contributed by atoms with E-state index in [9.17, 15) is 23.9 Å². The minimum Gasteiger partial charge on any atom is -0.481 e. The maximum absolute atomic E-state index is 13.3. The molecule has 1 saturated heterocycles. The molecule has 2 amide bonds. The van der Waals surface area contributed by atoms with Gasteiger partial charge in [0.2, 0.25) is 5.91 Å². The molecule has 0 unspecified atom stereocenters. The maximum atomic E-state index is 13.3. The second-order valence-corrected chi connectivity index (χ2v) is 11.1. The lowest BCUT2D eigenvalue weighted by atomic mass is 9.68. The third kappa shape index (κ3) is 5.31. The number of likely N-dealkylation sites (tertiary alicyclic amines) is 1. The monoisotopic (exact) mass is 499 g/mol. The van der Waals surface area contributed by atoms with Crippen LogP contribution in [0.3, 0.4) is 0 Å². The molecule has 0 bridgehead atoms. The largest absolute Gasteiger partial charge is 0.481 e. The third-order valence-corrected chi connectivity index (χ3v) is 7.20. The lowest BCUT2D eigenvalue weighted by Crippen LogP contribution is -2.59. The third-order valence-electron chi connectivity index (χ3n) is 7.20. The number of aliphatic carboxylic acids is 1. The Morgan fingerprint density at radius 3 is 2.44 bits per heavy atom. The van der Waals surface area contributed by atoms with Gasteiger partial charge in [-0.15, -0.1) is 0 Å². The van der Waals surface area contributed by atoms with E-state index in [0.29, 0.717) is 37.1 Å². The highest BCUT2D eigenvalue weighted by Crippen LogP contribution is 2.41. The normalized spacial score (nSPS) is 26.8. The van der Waals surface area contributed by atoms with Gasteiger partial charge in [0.15, 0.2) is 5.76 Å². The molecule has 9 heteroatoms. The predicted molar refractivity (Wildman–Crippen MR) is 132 cm³/mol. The van der Waals surface area contributed by atoms with Crippen molar-refractivity contribution in [3.05, 3.63) is 48.0 Å². The van der Waals surface area contributed by atoms with Crippen LogP contribution in [0.15, 0.2) is 40.8 Å². The second-order valence-electron chi connectivity index (χ2n) is 11.1. The molecule has 0 radical (unpaired) electrons. The molecule has 2 aromatic rings. The van der Waals surface area contributed by atoms with Gasteiger partial charge in [0.1, 0.15) is 17.6 Å². The first kappa shape index (κ1) is 25.9. The zero-order valence-corrected chi connectivity index (χ0v) is 21.1. The highest BCUT2D eigenvalue weighted by Gasteiger charge is 2.52. The summed E-state index contributed by atoms with van der Waals surface area (Å²) >= 11 is 0. The van der Waals surface area contributed by atoms with Crippen molar-refractivity contribution in [3.63, 3.8) is 0 Å². The Morgan fingerprint density at radius 1 is 1.11 bits per heavy atom. The van der Waals surface area contributed by atoms with Crippen molar-refractivity contribution in [2.75, 3.05) is 6.54 Å². The summed E-state index contributed by atoms with van der Waals surface area (Å²) < 4.78 is 18.8. The molecule has 8 nitrogen and oxygen atoms in total. The number of hydrogen-bond acceptors (Lipinski definition) is 5. The summed E-state index contributed by atoms with van der Waals surface area (Å²) in [6.07, 6.45) is 2.15. The number of benzene rings is 1. The number of carboxylic acids is 1. The fourth-order valence-electron chi connectivity index (χ4n) is 5.50. The Kier molecular flexibility index (Phi) is 6.96. The predicted octanol–water partition coefficient (Wildman–Crippen LogP) is 3.82. The molecule has 1 saturated carbocycles. The zero-order valence-electron chi connectivity index (χ0n) is 21.1. The van der Waals surface area contributed by atoms with Crippen molar-refractivity contribution in [1.82, 2.24) is 15.5 Å². The van der Waals surface area contributed by atoms with Crippen LogP contribution in [0.25, 0.3) is 11.3 Å². The van der Waals surface area contributed by atoms with Crippen molar-refractivity contribution in [2.45, 2.75) is 77.0 Å². The molecule has 3 N–H and O–H groups in total. The number of halogens is 1. The number of carbonyl (C=O) groups is 3. The Morgan fingerprint density at radius 2 is 1.81 bits per heavy atom. The second kappa shape index (κ2) is 9.69. The average molecular weight is 500 g/mol. The standard InChI is InChI=1S/C27H34FN3O5/c1-26(2,3)30-18-9-12-22(27(4,15-18)25(34)35)31-14-13-19(24(31)33)29-23(32)21-11-10-20(36-21)16-5-7-17(28)8-6-16/h5-8,10-11,18-19,22,30H,9,12-15H2,1-4H3,(H,29,32)(H,34,35)/t18-,19+,22+,27-/m1/s1. The Labute approximate surface area is 210 Å². The van der Waals surface area contributed by atoms with Crippen molar-refractivity contribution in [1.29, 1.82) is 0 Å². The lowest BCUT2D eigenvalue weighted by Gasteiger charge is -2.47. The van der Waals surface area contributed by atoms with Crippen molar-refractivity contribution >= 4 is 17.8 Å². The highest BCUT2D eigenvalue weighted by molar-refractivity contribution is 5.96. The van der Waals surface area contributed by atoms with Crippen LogP contribution in [0, 0.1) is 11.2 Å². The molecule has 4 rings (SSSR count). The van der Waals surface area contributed by atoms with E-state index in [4.69, 9.17) is 4.42 Å². The molecule has 1 aliphatic heterocycles. The number of nitrogens with one attached hydrogen (secondary N) is 2. The maximum Gasteiger partial charge on any atom is 0.311 e. The van der Waals surface area contributed by atoms with Gasteiger partial charge in [0, 0.05) is 29.7 Å². The van der Waals surface area contributed by atoms with E-state index in [0.717, 1.165) is 6.42 Å². The molecular formula is C27H34FN3O5. The molecular weight excluding hydrogens is 465 g/mol. The zero-order chi connectivity index (χ0) is 26.3. The number of furan rings is 1. The molecule has 1 aliphatic carbocycles. The summed E-state index contributed by atoms with van der Waals surface area (Å²) in [5.41, 5.74) is -0.609. The summed E-state index contributed by atoms with van der Waals surface area (Å²) in [7, 11) is 0. The van der Waals surface area contributed by atoms with Gasteiger partial charge in [-0.05, 0) is 89.8 Å². The smallest absolute Gasteiger partial charge is 0.311 e. The first-order valence-corrected chi connectivity index (χ1v) is 12.4. The molecule has 0 spiro atoms. The summed E-state index contributed by atoms with van der Waals surface area (Å²) in [4.78, 5) is 40.1. The van der Waals surface area contributed by atoms with Crippen LogP contribution >= 0.6 is 0 Å². The molecule has 36 heavy (non-hydrogen) atoms. The van der Waals surface area contributed by atoms with Crippen LogP contribution in [-0.4, -0.2) is 58.0 Å². The Balaban J connectivity index is 1.42. The molecule has 1 aromatic heterocycles. The number of rotatable bonds is 6. The van der Waals surface area contributed by atoms with Crippen LogP contribution in [0.1, 0.15) is 63.9 Å². The van der Waals surface area contributed by atoms with Crippen LogP contribution in [0.2, 0.25) is 0 Å². The minimum atomic E-state index is -1.10. The van der Waals surface area contributed by atoms with Gasteiger partial charge in [0.05, 0.1) is 5.41 Å². The SMILES string of the molecule is CC(C)(C)N[C@@H]1CC[C@H](N2CC[C@H](NC(=O)c3ccc(-c4ccc(F)cc4)o3)C2=O)[C@](C)(C(=O)O)C1. The van der Waals surface area contributed by atoms with Crippen LogP contribution in [0.4, 0.5) is 4.39 Å². The highest BCUT2D eigenvalue weighted by atomic mass is 19.1. The minimum absolute atomic E-state index is 0.0460. The van der Waals surface area contributed by atoms with Gasteiger partial charge >= 0.3 is 5.97 Å². The van der Waals surface area contributed by atoms with E-state index in [2.05, 4.69) is 31.4 Å².